The second kappa shape index (κ2) is 7.36. The molecule has 1 fully saturated rings. The van der Waals surface area contributed by atoms with E-state index >= 15 is 0 Å². The van der Waals surface area contributed by atoms with Gasteiger partial charge < -0.3 is 10.2 Å². The van der Waals surface area contributed by atoms with Gasteiger partial charge in [0.05, 0.1) is 10.5 Å². The Hall–Kier alpha value is -2.32. The molecule has 1 aromatic carbocycles. The molecule has 1 saturated heterocycles. The van der Waals surface area contributed by atoms with Gasteiger partial charge in [0.15, 0.2) is 0 Å². The monoisotopic (exact) mass is 387 g/mol. The summed E-state index contributed by atoms with van der Waals surface area (Å²) in [4.78, 5) is 24.7. The predicted molar refractivity (Wildman–Crippen MR) is 95.7 cm³/mol. The summed E-state index contributed by atoms with van der Waals surface area (Å²) < 4.78 is 40.2. The van der Waals surface area contributed by atoms with E-state index in [0.717, 1.165) is 18.9 Å². The van der Waals surface area contributed by atoms with Gasteiger partial charge in [0.2, 0.25) is 0 Å². The molecule has 0 aliphatic carbocycles. The minimum absolute atomic E-state index is 0.0436. The summed E-state index contributed by atoms with van der Waals surface area (Å²) >= 11 is 0. The van der Waals surface area contributed by atoms with Gasteiger partial charge in [-0.05, 0) is 30.2 Å². The van der Waals surface area contributed by atoms with E-state index in [-0.39, 0.29) is 16.9 Å². The molecule has 1 atom stereocenters. The molecule has 1 N–H and O–H groups in total. The van der Waals surface area contributed by atoms with Crippen molar-refractivity contribution >= 4 is 17.3 Å². The average Bonchev–Trinajstić information content (AvgIpc) is 2.58. The molecular weight excluding hydrogens is 363 g/mol. The number of hydrogen-bond acceptors (Lipinski definition) is 4. The molecule has 0 aromatic heterocycles. The largest absolute Gasteiger partial charge is 0.418 e. The van der Waals surface area contributed by atoms with Crippen LogP contribution in [0.15, 0.2) is 12.1 Å². The number of hydrogen-bond donors (Lipinski definition) is 1. The number of nitrogens with one attached hydrogen (secondary N) is 1. The maximum Gasteiger partial charge on any atom is 0.418 e. The second-order valence-electron chi connectivity index (χ2n) is 7.88. The van der Waals surface area contributed by atoms with Crippen LogP contribution in [-0.2, 0) is 6.18 Å². The standard InChI is InChI=1S/C18H24F3N3O3/c1-17(2,3)12-6-5-7-23(10-12)16(25)11-8-13(18(19,20)21)15(22-4)14(9-11)24(26)27/h8-9,12,22H,5-7,10H2,1-4H3. The number of anilines is 1. The quantitative estimate of drug-likeness (QED) is 0.610. The van der Waals surface area contributed by atoms with Crippen molar-refractivity contribution in [3.63, 3.8) is 0 Å². The lowest BCUT2D eigenvalue weighted by atomic mass is 9.76. The number of nitro benzene ring substituents is 1. The fourth-order valence-corrected chi connectivity index (χ4v) is 3.43. The molecule has 0 bridgehead atoms. The minimum Gasteiger partial charge on any atom is -0.382 e. The number of halogens is 3. The lowest BCUT2D eigenvalue weighted by molar-refractivity contribution is -0.384. The SMILES string of the molecule is CNc1c([N+](=O)[O-])cc(C(=O)N2CCCC(C(C)(C)C)C2)cc1C(F)(F)F. The van der Waals surface area contributed by atoms with Crippen molar-refractivity contribution in [2.24, 2.45) is 11.3 Å². The van der Waals surface area contributed by atoms with E-state index in [1.54, 1.807) is 0 Å². The van der Waals surface area contributed by atoms with Crippen LogP contribution in [0.2, 0.25) is 0 Å². The lowest BCUT2D eigenvalue weighted by Crippen LogP contribution is -2.43. The Kier molecular flexibility index (Phi) is 5.72. The van der Waals surface area contributed by atoms with Gasteiger partial charge in [-0.15, -0.1) is 0 Å². The maximum absolute atomic E-state index is 13.4. The Labute approximate surface area is 155 Å². The second-order valence-corrected chi connectivity index (χ2v) is 7.88. The van der Waals surface area contributed by atoms with Gasteiger partial charge >= 0.3 is 6.18 Å². The molecule has 1 amide bonds. The number of amides is 1. The smallest absolute Gasteiger partial charge is 0.382 e. The fourth-order valence-electron chi connectivity index (χ4n) is 3.43. The Morgan fingerprint density at radius 1 is 1.30 bits per heavy atom. The molecule has 1 aromatic rings. The van der Waals surface area contributed by atoms with E-state index in [2.05, 4.69) is 26.1 Å². The highest BCUT2D eigenvalue weighted by molar-refractivity contribution is 5.96. The Morgan fingerprint density at radius 3 is 2.41 bits per heavy atom. The third kappa shape index (κ3) is 4.51. The Bertz CT molecular complexity index is 742. The van der Waals surface area contributed by atoms with Gasteiger partial charge in [-0.2, -0.15) is 13.2 Å². The summed E-state index contributed by atoms with van der Waals surface area (Å²) in [6.07, 6.45) is -3.15. The molecule has 1 heterocycles. The van der Waals surface area contributed by atoms with E-state index in [1.807, 2.05) is 0 Å². The molecule has 1 unspecified atom stereocenters. The topological polar surface area (TPSA) is 75.5 Å². The molecule has 27 heavy (non-hydrogen) atoms. The number of nitro groups is 1. The van der Waals surface area contributed by atoms with Gasteiger partial charge in [0, 0.05) is 31.8 Å². The highest BCUT2D eigenvalue weighted by atomic mass is 19.4. The molecule has 0 spiro atoms. The van der Waals surface area contributed by atoms with Crippen LogP contribution in [-0.4, -0.2) is 35.9 Å². The molecule has 1 aliphatic heterocycles. The first kappa shape index (κ1) is 21.0. The normalized spacial score (nSPS) is 18.3. The van der Waals surface area contributed by atoms with Crippen LogP contribution >= 0.6 is 0 Å². The van der Waals surface area contributed by atoms with Crippen LogP contribution in [0.4, 0.5) is 24.5 Å². The molecule has 2 rings (SSSR count). The van der Waals surface area contributed by atoms with Crippen molar-refractivity contribution in [1.29, 1.82) is 0 Å². The summed E-state index contributed by atoms with van der Waals surface area (Å²) in [6, 6.07) is 1.62. The number of carbonyl (C=O) groups excluding carboxylic acids is 1. The highest BCUT2D eigenvalue weighted by Gasteiger charge is 2.39. The van der Waals surface area contributed by atoms with E-state index < -0.39 is 33.9 Å². The van der Waals surface area contributed by atoms with Crippen LogP contribution in [0, 0.1) is 21.4 Å². The minimum atomic E-state index is -4.82. The highest BCUT2D eigenvalue weighted by Crippen LogP contribution is 2.41. The third-order valence-electron chi connectivity index (χ3n) is 5.05. The van der Waals surface area contributed by atoms with Gasteiger partial charge in [0.25, 0.3) is 11.6 Å². The lowest BCUT2D eigenvalue weighted by Gasteiger charge is -2.39. The third-order valence-corrected chi connectivity index (χ3v) is 5.05. The Morgan fingerprint density at radius 2 is 1.93 bits per heavy atom. The van der Waals surface area contributed by atoms with E-state index in [9.17, 15) is 28.1 Å². The summed E-state index contributed by atoms with van der Waals surface area (Å²) in [7, 11) is 1.18. The van der Waals surface area contributed by atoms with E-state index in [1.165, 1.54) is 11.9 Å². The Balaban J connectivity index is 2.47. The first-order chi connectivity index (χ1) is 12.4. The van der Waals surface area contributed by atoms with E-state index in [0.29, 0.717) is 19.2 Å². The average molecular weight is 387 g/mol. The zero-order valence-electron chi connectivity index (χ0n) is 15.8. The van der Waals surface area contributed by atoms with Crippen molar-refractivity contribution < 1.29 is 22.9 Å². The zero-order chi connectivity index (χ0) is 20.6. The number of alkyl halides is 3. The molecular formula is C18H24F3N3O3. The number of rotatable bonds is 3. The van der Waals surface area contributed by atoms with Crippen molar-refractivity contribution in [2.75, 3.05) is 25.5 Å². The number of carbonyl (C=O) groups is 1. The molecule has 0 saturated carbocycles. The first-order valence-electron chi connectivity index (χ1n) is 8.73. The van der Waals surface area contributed by atoms with Gasteiger partial charge in [-0.3, -0.25) is 14.9 Å². The van der Waals surface area contributed by atoms with Gasteiger partial charge in [0.1, 0.15) is 5.69 Å². The maximum atomic E-state index is 13.4. The molecule has 9 heteroatoms. The molecule has 150 valence electrons. The number of benzene rings is 1. The number of likely N-dealkylation sites (tertiary alicyclic amines) is 1. The van der Waals surface area contributed by atoms with Crippen LogP contribution in [0.1, 0.15) is 49.5 Å². The zero-order valence-corrected chi connectivity index (χ0v) is 15.8. The van der Waals surface area contributed by atoms with Gasteiger partial charge in [-0.1, -0.05) is 20.8 Å². The summed E-state index contributed by atoms with van der Waals surface area (Å²) in [5, 5.41) is 13.5. The number of piperidine rings is 1. The number of nitrogens with zero attached hydrogens (tertiary/aromatic N) is 2. The van der Waals surface area contributed by atoms with Crippen LogP contribution in [0.25, 0.3) is 0 Å². The van der Waals surface area contributed by atoms with Crippen LogP contribution < -0.4 is 5.32 Å². The predicted octanol–water partition coefficient (Wildman–Crippen LogP) is 4.55. The molecule has 6 nitrogen and oxygen atoms in total. The van der Waals surface area contributed by atoms with Crippen molar-refractivity contribution in [3.8, 4) is 0 Å². The van der Waals surface area contributed by atoms with Crippen molar-refractivity contribution in [1.82, 2.24) is 4.90 Å². The fraction of sp³-hybridized carbons (Fsp3) is 0.611. The first-order valence-corrected chi connectivity index (χ1v) is 8.73. The molecule has 1 aliphatic rings. The summed E-state index contributed by atoms with van der Waals surface area (Å²) in [5.74, 6) is -0.399. The van der Waals surface area contributed by atoms with Crippen molar-refractivity contribution in [2.45, 2.75) is 39.8 Å². The summed E-state index contributed by atoms with van der Waals surface area (Å²) in [5.41, 5.74) is -2.98. The molecule has 0 radical (unpaired) electrons. The van der Waals surface area contributed by atoms with Gasteiger partial charge in [-0.25, -0.2) is 0 Å². The van der Waals surface area contributed by atoms with Crippen molar-refractivity contribution in [3.05, 3.63) is 33.4 Å². The van der Waals surface area contributed by atoms with E-state index in [4.69, 9.17) is 0 Å². The summed E-state index contributed by atoms with van der Waals surface area (Å²) in [6.45, 7) is 7.01. The van der Waals surface area contributed by atoms with Crippen LogP contribution in [0.5, 0.6) is 0 Å². The van der Waals surface area contributed by atoms with Crippen LogP contribution in [0.3, 0.4) is 0 Å².